The normalized spacial score (nSPS) is 12.2. The molecule has 2 aromatic carbocycles. The van der Waals surface area contributed by atoms with Gasteiger partial charge in [-0.05, 0) is 42.2 Å². The molecule has 0 aliphatic rings. The van der Waals surface area contributed by atoms with E-state index in [1.807, 2.05) is 36.4 Å². The van der Waals surface area contributed by atoms with E-state index in [4.69, 9.17) is 22.1 Å². The van der Waals surface area contributed by atoms with Gasteiger partial charge in [0.05, 0.1) is 7.11 Å². The molecule has 0 radical (unpaired) electrons. The van der Waals surface area contributed by atoms with Crippen LogP contribution in [-0.2, 0) is 6.42 Å². The summed E-state index contributed by atoms with van der Waals surface area (Å²) >= 11 is 6.14. The van der Waals surface area contributed by atoms with E-state index in [2.05, 4.69) is 12.1 Å². The molecule has 19 heavy (non-hydrogen) atoms. The smallest absolute Gasteiger partial charge is 0.118 e. The number of rotatable bonds is 5. The maximum atomic E-state index is 6.19. The molecule has 1 atom stereocenters. The molecule has 100 valence electrons. The molecule has 0 saturated heterocycles. The minimum Gasteiger partial charge on any atom is -0.497 e. The molecular formula is C16H18ClNO. The lowest BCUT2D eigenvalue weighted by Crippen LogP contribution is -2.11. The van der Waals surface area contributed by atoms with Gasteiger partial charge in [0.1, 0.15) is 5.75 Å². The number of benzene rings is 2. The largest absolute Gasteiger partial charge is 0.497 e. The van der Waals surface area contributed by atoms with Crippen molar-refractivity contribution in [2.24, 2.45) is 5.73 Å². The minimum absolute atomic E-state index is 0.0317. The Hall–Kier alpha value is -1.51. The summed E-state index contributed by atoms with van der Waals surface area (Å²) in [6.07, 6.45) is 1.80. The number of methoxy groups -OCH3 is 1. The number of halogens is 1. The molecule has 1 unspecified atom stereocenters. The van der Waals surface area contributed by atoms with Crippen LogP contribution in [0.1, 0.15) is 23.6 Å². The first kappa shape index (κ1) is 13.9. The van der Waals surface area contributed by atoms with E-state index in [0.29, 0.717) is 0 Å². The second-order valence-corrected chi connectivity index (χ2v) is 4.92. The third kappa shape index (κ3) is 3.72. The molecular weight excluding hydrogens is 258 g/mol. The Labute approximate surface area is 119 Å². The van der Waals surface area contributed by atoms with Gasteiger partial charge in [0.25, 0.3) is 0 Å². The Balaban J connectivity index is 1.96. The molecule has 0 aromatic heterocycles. The Bertz CT molecular complexity index is 525. The van der Waals surface area contributed by atoms with E-state index in [-0.39, 0.29) is 6.04 Å². The van der Waals surface area contributed by atoms with Crippen LogP contribution in [-0.4, -0.2) is 7.11 Å². The molecule has 2 rings (SSSR count). The average Bonchev–Trinajstić information content (AvgIpc) is 2.46. The Morgan fingerprint density at radius 2 is 1.79 bits per heavy atom. The second kappa shape index (κ2) is 6.60. The lowest BCUT2D eigenvalue weighted by Gasteiger charge is -2.13. The molecule has 0 aliphatic carbocycles. The first-order valence-electron chi connectivity index (χ1n) is 6.33. The summed E-state index contributed by atoms with van der Waals surface area (Å²) in [5.41, 5.74) is 8.46. The van der Waals surface area contributed by atoms with Gasteiger partial charge in [-0.15, -0.1) is 0 Å². The fourth-order valence-electron chi connectivity index (χ4n) is 2.05. The van der Waals surface area contributed by atoms with Crippen LogP contribution < -0.4 is 10.5 Å². The minimum atomic E-state index is -0.0317. The van der Waals surface area contributed by atoms with Crippen molar-refractivity contribution in [2.75, 3.05) is 7.11 Å². The summed E-state index contributed by atoms with van der Waals surface area (Å²) in [7, 11) is 1.67. The van der Waals surface area contributed by atoms with Gasteiger partial charge in [-0.2, -0.15) is 0 Å². The average molecular weight is 276 g/mol. The van der Waals surface area contributed by atoms with Crippen LogP contribution in [0.5, 0.6) is 5.75 Å². The first-order valence-corrected chi connectivity index (χ1v) is 6.71. The predicted molar refractivity (Wildman–Crippen MR) is 79.7 cm³/mol. The standard InChI is InChI=1S/C16H18ClNO/c1-19-13-9-6-12(7-10-13)8-11-16(18)14-4-2-3-5-15(14)17/h2-7,9-10,16H,8,11,18H2,1H3. The van der Waals surface area contributed by atoms with Crippen LogP contribution in [0.4, 0.5) is 0 Å². The lowest BCUT2D eigenvalue weighted by molar-refractivity contribution is 0.414. The topological polar surface area (TPSA) is 35.2 Å². The molecule has 2 N–H and O–H groups in total. The highest BCUT2D eigenvalue weighted by Crippen LogP contribution is 2.24. The fourth-order valence-corrected chi connectivity index (χ4v) is 2.32. The molecule has 0 saturated carbocycles. The van der Waals surface area contributed by atoms with Crippen molar-refractivity contribution in [3.63, 3.8) is 0 Å². The highest BCUT2D eigenvalue weighted by molar-refractivity contribution is 6.31. The molecule has 0 spiro atoms. The first-order chi connectivity index (χ1) is 9.20. The number of nitrogens with two attached hydrogens (primary N) is 1. The zero-order chi connectivity index (χ0) is 13.7. The van der Waals surface area contributed by atoms with Crippen molar-refractivity contribution in [3.05, 3.63) is 64.7 Å². The fraction of sp³-hybridized carbons (Fsp3) is 0.250. The van der Waals surface area contributed by atoms with Crippen LogP contribution in [0.3, 0.4) is 0 Å². The summed E-state index contributed by atoms with van der Waals surface area (Å²) < 4.78 is 5.14. The third-order valence-electron chi connectivity index (χ3n) is 3.21. The zero-order valence-corrected chi connectivity index (χ0v) is 11.7. The Morgan fingerprint density at radius 1 is 1.11 bits per heavy atom. The van der Waals surface area contributed by atoms with Crippen molar-refractivity contribution >= 4 is 11.6 Å². The molecule has 3 heteroatoms. The highest BCUT2D eigenvalue weighted by Gasteiger charge is 2.09. The second-order valence-electron chi connectivity index (χ2n) is 4.51. The van der Waals surface area contributed by atoms with Gasteiger partial charge in [-0.1, -0.05) is 41.9 Å². The van der Waals surface area contributed by atoms with E-state index in [1.165, 1.54) is 5.56 Å². The van der Waals surface area contributed by atoms with Crippen LogP contribution >= 0.6 is 11.6 Å². The van der Waals surface area contributed by atoms with Crippen LogP contribution in [0, 0.1) is 0 Å². The van der Waals surface area contributed by atoms with Crippen molar-refractivity contribution < 1.29 is 4.74 Å². The van der Waals surface area contributed by atoms with Crippen LogP contribution in [0.2, 0.25) is 5.02 Å². The van der Waals surface area contributed by atoms with Crippen molar-refractivity contribution in [1.29, 1.82) is 0 Å². The molecule has 2 nitrogen and oxygen atoms in total. The van der Waals surface area contributed by atoms with E-state index in [9.17, 15) is 0 Å². The maximum absolute atomic E-state index is 6.19. The monoisotopic (exact) mass is 275 g/mol. The van der Waals surface area contributed by atoms with Gasteiger partial charge in [0.15, 0.2) is 0 Å². The summed E-state index contributed by atoms with van der Waals surface area (Å²) in [4.78, 5) is 0. The van der Waals surface area contributed by atoms with Gasteiger partial charge < -0.3 is 10.5 Å². The van der Waals surface area contributed by atoms with Crippen LogP contribution in [0.15, 0.2) is 48.5 Å². The van der Waals surface area contributed by atoms with Crippen molar-refractivity contribution in [3.8, 4) is 5.75 Å². The van der Waals surface area contributed by atoms with Gasteiger partial charge in [-0.25, -0.2) is 0 Å². The molecule has 0 bridgehead atoms. The zero-order valence-electron chi connectivity index (χ0n) is 11.0. The predicted octanol–water partition coefficient (Wildman–Crippen LogP) is 3.98. The quantitative estimate of drug-likeness (QED) is 0.896. The maximum Gasteiger partial charge on any atom is 0.118 e. The van der Waals surface area contributed by atoms with E-state index in [1.54, 1.807) is 7.11 Å². The van der Waals surface area contributed by atoms with Crippen molar-refractivity contribution in [1.82, 2.24) is 0 Å². The van der Waals surface area contributed by atoms with Crippen molar-refractivity contribution in [2.45, 2.75) is 18.9 Å². The van der Waals surface area contributed by atoms with Gasteiger partial charge >= 0.3 is 0 Å². The number of aryl methyl sites for hydroxylation is 1. The summed E-state index contributed by atoms with van der Waals surface area (Å²) in [6, 6.07) is 15.8. The van der Waals surface area contributed by atoms with E-state index < -0.39 is 0 Å². The molecule has 0 heterocycles. The summed E-state index contributed by atoms with van der Waals surface area (Å²) in [5.74, 6) is 0.874. The Kier molecular flexibility index (Phi) is 4.83. The molecule has 2 aromatic rings. The Morgan fingerprint density at radius 3 is 2.42 bits per heavy atom. The number of ether oxygens (including phenoxy) is 1. The SMILES string of the molecule is COc1ccc(CCC(N)c2ccccc2Cl)cc1. The van der Waals surface area contributed by atoms with Gasteiger partial charge in [-0.3, -0.25) is 0 Å². The summed E-state index contributed by atoms with van der Waals surface area (Å²) in [5, 5.41) is 0.740. The van der Waals surface area contributed by atoms with Crippen LogP contribution in [0.25, 0.3) is 0 Å². The lowest BCUT2D eigenvalue weighted by atomic mass is 10.00. The number of hydrogen-bond acceptors (Lipinski definition) is 2. The van der Waals surface area contributed by atoms with E-state index in [0.717, 1.165) is 29.2 Å². The van der Waals surface area contributed by atoms with Gasteiger partial charge in [0.2, 0.25) is 0 Å². The molecule has 0 amide bonds. The summed E-state index contributed by atoms with van der Waals surface area (Å²) in [6.45, 7) is 0. The third-order valence-corrected chi connectivity index (χ3v) is 3.55. The number of hydrogen-bond donors (Lipinski definition) is 1. The van der Waals surface area contributed by atoms with Gasteiger partial charge in [0, 0.05) is 11.1 Å². The highest BCUT2D eigenvalue weighted by atomic mass is 35.5. The molecule has 0 aliphatic heterocycles. The molecule has 0 fully saturated rings. The van der Waals surface area contributed by atoms with E-state index >= 15 is 0 Å².